The molecule has 1 amide bonds. The van der Waals surface area contributed by atoms with Crippen LogP contribution in [0.15, 0.2) is 75.4 Å². The highest BCUT2D eigenvalue weighted by atomic mass is 79.9. The topological polar surface area (TPSA) is 57.7 Å². The summed E-state index contributed by atoms with van der Waals surface area (Å²) in [6, 6.07) is 18.1. The molecular formula is C25H27BrN2O3S2. The average molecular weight is 548 g/mol. The van der Waals surface area contributed by atoms with E-state index in [1.54, 1.807) is 35.6 Å². The van der Waals surface area contributed by atoms with Gasteiger partial charge >= 0.3 is 0 Å². The van der Waals surface area contributed by atoms with Crippen molar-refractivity contribution in [1.29, 1.82) is 0 Å². The number of thiophene rings is 1. The van der Waals surface area contributed by atoms with Gasteiger partial charge in [-0.1, -0.05) is 53.2 Å². The first-order chi connectivity index (χ1) is 15.8. The maximum atomic E-state index is 13.7. The summed E-state index contributed by atoms with van der Waals surface area (Å²) < 4.78 is 29.2. The summed E-state index contributed by atoms with van der Waals surface area (Å²) in [5.41, 5.74) is 2.17. The van der Waals surface area contributed by atoms with E-state index < -0.39 is 10.0 Å². The molecule has 2 heterocycles. The van der Waals surface area contributed by atoms with Gasteiger partial charge in [0.05, 0.1) is 17.5 Å². The van der Waals surface area contributed by atoms with E-state index in [2.05, 4.69) is 27.4 Å². The van der Waals surface area contributed by atoms with Crippen LogP contribution in [0.2, 0.25) is 0 Å². The summed E-state index contributed by atoms with van der Waals surface area (Å²) in [7, 11) is -3.83. The summed E-state index contributed by atoms with van der Waals surface area (Å²) >= 11 is 5.07. The van der Waals surface area contributed by atoms with Crippen molar-refractivity contribution in [1.82, 2.24) is 9.21 Å². The molecule has 0 aliphatic carbocycles. The van der Waals surface area contributed by atoms with Gasteiger partial charge < -0.3 is 4.90 Å². The van der Waals surface area contributed by atoms with E-state index >= 15 is 0 Å². The van der Waals surface area contributed by atoms with Gasteiger partial charge in [0, 0.05) is 21.9 Å². The number of hydrogen-bond acceptors (Lipinski definition) is 4. The standard InChI is InChI=1S/C25H27BrN2O3S2/c1-3-18(2)28(33(30,31)21-11-9-20(26)10-12-21)17-24(29)27-15-13-23-22(14-16-32-23)25(27)19-7-5-4-6-8-19/h4-12,14,16,18,25H,3,13,15,17H2,1-2H3. The first-order valence-corrected chi connectivity index (χ1v) is 14.1. The maximum Gasteiger partial charge on any atom is 0.243 e. The summed E-state index contributed by atoms with van der Waals surface area (Å²) in [5.74, 6) is -0.179. The molecule has 4 rings (SSSR count). The Bertz CT molecular complexity index is 1210. The second-order valence-electron chi connectivity index (χ2n) is 8.21. The minimum atomic E-state index is -3.83. The molecule has 33 heavy (non-hydrogen) atoms. The van der Waals surface area contributed by atoms with Gasteiger partial charge in [-0.3, -0.25) is 4.79 Å². The molecule has 0 saturated heterocycles. The van der Waals surface area contributed by atoms with Crippen LogP contribution in [0.1, 0.15) is 42.3 Å². The zero-order valence-corrected chi connectivity index (χ0v) is 21.9. The molecule has 1 aromatic heterocycles. The first kappa shape index (κ1) is 24.1. The fourth-order valence-corrected chi connectivity index (χ4v) is 7.05. The molecule has 0 saturated carbocycles. The lowest BCUT2D eigenvalue weighted by molar-refractivity contribution is -0.133. The van der Waals surface area contributed by atoms with Crippen LogP contribution < -0.4 is 0 Å². The van der Waals surface area contributed by atoms with Gasteiger partial charge in [0.2, 0.25) is 15.9 Å². The molecule has 2 atom stereocenters. The van der Waals surface area contributed by atoms with Crippen molar-refractivity contribution in [3.05, 3.63) is 86.5 Å². The van der Waals surface area contributed by atoms with Crippen LogP contribution in [-0.2, 0) is 21.2 Å². The molecule has 1 aliphatic heterocycles. The molecule has 5 nitrogen and oxygen atoms in total. The lowest BCUT2D eigenvalue weighted by Crippen LogP contribution is -2.49. The van der Waals surface area contributed by atoms with Crippen LogP contribution in [0.5, 0.6) is 0 Å². The highest BCUT2D eigenvalue weighted by Crippen LogP contribution is 2.38. The smallest absolute Gasteiger partial charge is 0.243 e. The third kappa shape index (κ3) is 4.94. The van der Waals surface area contributed by atoms with Crippen LogP contribution in [0.3, 0.4) is 0 Å². The highest BCUT2D eigenvalue weighted by Gasteiger charge is 2.36. The Kier molecular flexibility index (Phi) is 7.38. The van der Waals surface area contributed by atoms with Gasteiger partial charge in [-0.15, -0.1) is 11.3 Å². The monoisotopic (exact) mass is 546 g/mol. The van der Waals surface area contributed by atoms with Crippen LogP contribution in [0, 0.1) is 0 Å². The summed E-state index contributed by atoms with van der Waals surface area (Å²) in [5, 5.41) is 2.07. The zero-order valence-electron chi connectivity index (χ0n) is 18.6. The summed E-state index contributed by atoms with van der Waals surface area (Å²) in [6.45, 7) is 4.17. The molecule has 8 heteroatoms. The third-order valence-corrected chi connectivity index (χ3v) is 9.69. The van der Waals surface area contributed by atoms with Gasteiger partial charge in [0.25, 0.3) is 0 Å². The molecule has 2 aromatic carbocycles. The summed E-state index contributed by atoms with van der Waals surface area (Å²) in [4.78, 5) is 17.0. The van der Waals surface area contributed by atoms with Crippen molar-refractivity contribution in [2.75, 3.05) is 13.1 Å². The molecule has 174 valence electrons. The fourth-order valence-electron chi connectivity index (χ4n) is 4.23. The molecule has 0 radical (unpaired) electrons. The van der Waals surface area contributed by atoms with Gasteiger partial charge in [-0.05, 0) is 66.6 Å². The van der Waals surface area contributed by atoms with Gasteiger partial charge in [0.15, 0.2) is 0 Å². The lowest BCUT2D eigenvalue weighted by Gasteiger charge is -2.38. The van der Waals surface area contributed by atoms with E-state index in [0.717, 1.165) is 22.0 Å². The van der Waals surface area contributed by atoms with Crippen molar-refractivity contribution in [2.45, 2.75) is 43.7 Å². The molecular weight excluding hydrogens is 520 g/mol. The van der Waals surface area contributed by atoms with E-state index in [0.29, 0.717) is 13.0 Å². The Balaban J connectivity index is 1.67. The van der Waals surface area contributed by atoms with Crippen LogP contribution in [-0.4, -0.2) is 42.7 Å². The number of fused-ring (bicyclic) bond motifs is 1. The molecule has 0 fully saturated rings. The minimum absolute atomic E-state index is 0.179. The van der Waals surface area contributed by atoms with Gasteiger partial charge in [-0.2, -0.15) is 4.31 Å². The number of carbonyl (C=O) groups excluding carboxylic acids is 1. The molecule has 1 aliphatic rings. The second-order valence-corrected chi connectivity index (χ2v) is 12.0. The number of nitrogens with zero attached hydrogens (tertiary/aromatic N) is 2. The molecule has 0 N–H and O–H groups in total. The predicted octanol–water partition coefficient (Wildman–Crippen LogP) is 5.47. The summed E-state index contributed by atoms with van der Waals surface area (Å²) in [6.07, 6.45) is 1.39. The number of halogens is 1. The van der Waals surface area contributed by atoms with E-state index in [9.17, 15) is 13.2 Å². The van der Waals surface area contributed by atoms with Crippen molar-refractivity contribution in [2.24, 2.45) is 0 Å². The second kappa shape index (κ2) is 10.1. The van der Waals surface area contributed by atoms with E-state index in [1.165, 1.54) is 9.18 Å². The van der Waals surface area contributed by atoms with Gasteiger partial charge in [0.1, 0.15) is 0 Å². The molecule has 0 spiro atoms. The Hall–Kier alpha value is -2.00. The number of carbonyl (C=O) groups is 1. The minimum Gasteiger partial charge on any atom is -0.330 e. The number of rotatable bonds is 7. The van der Waals surface area contributed by atoms with E-state index in [4.69, 9.17) is 0 Å². The largest absolute Gasteiger partial charge is 0.330 e. The van der Waals surface area contributed by atoms with Crippen molar-refractivity contribution in [3.63, 3.8) is 0 Å². The van der Waals surface area contributed by atoms with Gasteiger partial charge in [-0.25, -0.2) is 8.42 Å². The third-order valence-electron chi connectivity index (χ3n) is 6.20. The zero-order chi connectivity index (χ0) is 23.6. The van der Waals surface area contributed by atoms with Crippen molar-refractivity contribution < 1.29 is 13.2 Å². The number of hydrogen-bond donors (Lipinski definition) is 0. The molecule has 3 aromatic rings. The lowest BCUT2D eigenvalue weighted by atomic mass is 9.93. The SMILES string of the molecule is CCC(C)N(CC(=O)N1CCc2sccc2C1c1ccccc1)S(=O)(=O)c1ccc(Br)cc1. The normalized spacial score (nSPS) is 17.1. The Morgan fingerprint density at radius 3 is 2.52 bits per heavy atom. The Labute approximate surface area is 208 Å². The Morgan fingerprint density at radius 1 is 1.15 bits per heavy atom. The first-order valence-electron chi connectivity index (χ1n) is 11.0. The van der Waals surface area contributed by atoms with Crippen LogP contribution in [0.4, 0.5) is 0 Å². The number of sulfonamides is 1. The highest BCUT2D eigenvalue weighted by molar-refractivity contribution is 9.10. The quantitative estimate of drug-likeness (QED) is 0.394. The maximum absolute atomic E-state index is 13.7. The molecule has 2 unspecified atom stereocenters. The Morgan fingerprint density at radius 2 is 1.85 bits per heavy atom. The predicted molar refractivity (Wildman–Crippen MR) is 136 cm³/mol. The van der Waals surface area contributed by atoms with E-state index in [-0.39, 0.29) is 29.4 Å². The average Bonchev–Trinajstić information content (AvgIpc) is 3.31. The number of amides is 1. The van der Waals surface area contributed by atoms with Crippen molar-refractivity contribution in [3.8, 4) is 0 Å². The van der Waals surface area contributed by atoms with E-state index in [1.807, 2.05) is 49.1 Å². The van der Waals surface area contributed by atoms with Crippen molar-refractivity contribution >= 4 is 43.2 Å². The van der Waals surface area contributed by atoms with Crippen LogP contribution >= 0.6 is 27.3 Å². The number of benzene rings is 2. The fraction of sp³-hybridized carbons (Fsp3) is 0.320. The van der Waals surface area contributed by atoms with Crippen LogP contribution in [0.25, 0.3) is 0 Å². The molecule has 0 bridgehead atoms.